The Balaban J connectivity index is 1.75. The van der Waals surface area contributed by atoms with E-state index in [9.17, 15) is 14.4 Å². The van der Waals surface area contributed by atoms with Gasteiger partial charge in [0.25, 0.3) is 5.91 Å². The van der Waals surface area contributed by atoms with Gasteiger partial charge in [0.05, 0.1) is 13.0 Å². The van der Waals surface area contributed by atoms with Gasteiger partial charge < -0.3 is 25.3 Å². The van der Waals surface area contributed by atoms with Crippen LogP contribution in [0.25, 0.3) is 0 Å². The number of benzene rings is 1. The van der Waals surface area contributed by atoms with Gasteiger partial charge in [-0.1, -0.05) is 30.3 Å². The highest BCUT2D eigenvalue weighted by Gasteiger charge is 2.58. The Morgan fingerprint density at radius 2 is 2.08 bits per heavy atom. The normalized spacial score (nSPS) is 28.6. The summed E-state index contributed by atoms with van der Waals surface area (Å²) in [6.45, 7) is 0.693. The van der Waals surface area contributed by atoms with E-state index in [0.29, 0.717) is 13.0 Å². The predicted molar refractivity (Wildman–Crippen MR) is 84.8 cm³/mol. The molecule has 2 saturated heterocycles. The zero-order chi connectivity index (χ0) is 17.9. The van der Waals surface area contributed by atoms with Crippen LogP contribution in [-0.2, 0) is 35.2 Å². The molecule has 0 aliphatic carbocycles. The van der Waals surface area contributed by atoms with Gasteiger partial charge in [-0.15, -0.1) is 0 Å². The molecule has 8 heteroatoms. The molecule has 0 saturated carbocycles. The van der Waals surface area contributed by atoms with Crippen LogP contribution in [0.2, 0.25) is 0 Å². The Morgan fingerprint density at radius 1 is 1.32 bits per heavy atom. The number of primary amides is 1. The third-order valence-electron chi connectivity index (χ3n) is 4.28. The first-order valence-electron chi connectivity index (χ1n) is 8.15. The summed E-state index contributed by atoms with van der Waals surface area (Å²) >= 11 is 0. The van der Waals surface area contributed by atoms with E-state index in [-0.39, 0.29) is 13.0 Å². The van der Waals surface area contributed by atoms with Crippen LogP contribution in [0.1, 0.15) is 24.8 Å². The first-order valence-corrected chi connectivity index (χ1v) is 8.15. The zero-order valence-corrected chi connectivity index (χ0v) is 13.6. The van der Waals surface area contributed by atoms with Gasteiger partial charge in [0.2, 0.25) is 0 Å². The minimum Gasteiger partial charge on any atom is -0.453 e. The van der Waals surface area contributed by atoms with Gasteiger partial charge in [-0.2, -0.15) is 0 Å². The third-order valence-corrected chi connectivity index (χ3v) is 4.28. The van der Waals surface area contributed by atoms with Gasteiger partial charge in [0, 0.05) is 0 Å². The molecule has 3 N–H and O–H groups in total. The Hall–Kier alpha value is -2.45. The van der Waals surface area contributed by atoms with Crippen LogP contribution in [-0.4, -0.2) is 42.3 Å². The first kappa shape index (κ1) is 17.4. The van der Waals surface area contributed by atoms with E-state index in [1.807, 2.05) is 6.07 Å². The molecule has 1 amide bonds. The molecule has 0 bridgehead atoms. The van der Waals surface area contributed by atoms with Crippen molar-refractivity contribution in [1.29, 1.82) is 0 Å². The zero-order valence-electron chi connectivity index (χ0n) is 13.6. The molecule has 2 heterocycles. The number of cyclic esters (lactones) is 1. The molecule has 3 rings (SSSR count). The van der Waals surface area contributed by atoms with E-state index >= 15 is 0 Å². The summed E-state index contributed by atoms with van der Waals surface area (Å²) in [6, 6.07) is 8.56. The number of nitrogens with two attached hydrogens (primary N) is 1. The van der Waals surface area contributed by atoms with Crippen molar-refractivity contribution in [1.82, 2.24) is 5.32 Å². The molecule has 2 aliphatic rings. The summed E-state index contributed by atoms with van der Waals surface area (Å²) in [7, 11) is 0. The largest absolute Gasteiger partial charge is 0.453 e. The van der Waals surface area contributed by atoms with Crippen molar-refractivity contribution in [2.24, 2.45) is 5.73 Å². The van der Waals surface area contributed by atoms with Gasteiger partial charge in [-0.3, -0.25) is 14.4 Å². The van der Waals surface area contributed by atoms with Crippen molar-refractivity contribution in [2.45, 2.75) is 43.8 Å². The van der Waals surface area contributed by atoms with E-state index in [0.717, 1.165) is 12.0 Å². The minimum absolute atomic E-state index is 0.0210. The Labute approximate surface area is 144 Å². The molecule has 3 unspecified atom stereocenters. The van der Waals surface area contributed by atoms with E-state index in [1.54, 1.807) is 24.3 Å². The van der Waals surface area contributed by atoms with Gasteiger partial charge in [-0.05, 0) is 24.9 Å². The maximum Gasteiger partial charge on any atom is 0.331 e. The summed E-state index contributed by atoms with van der Waals surface area (Å²) in [4.78, 5) is 36.0. The molecule has 3 atom stereocenters. The van der Waals surface area contributed by atoms with Crippen molar-refractivity contribution in [3.8, 4) is 0 Å². The molecule has 134 valence electrons. The van der Waals surface area contributed by atoms with Crippen LogP contribution in [0.15, 0.2) is 30.3 Å². The second-order valence-electron chi connectivity index (χ2n) is 6.06. The highest BCUT2D eigenvalue weighted by Crippen LogP contribution is 2.32. The minimum atomic E-state index is -2.11. The number of hydrogen-bond donors (Lipinski definition) is 2. The predicted octanol–water partition coefficient (Wildman–Crippen LogP) is -0.00450. The SMILES string of the molecule is NC(=O)C1(OCc2ccccc2)OC(=O)CC1OC(=O)C1CCCN1. The fourth-order valence-corrected chi connectivity index (χ4v) is 2.96. The number of carbonyl (C=O) groups is 3. The van der Waals surface area contributed by atoms with Crippen LogP contribution >= 0.6 is 0 Å². The number of nitrogens with one attached hydrogen (secondary N) is 1. The van der Waals surface area contributed by atoms with Crippen molar-refractivity contribution >= 4 is 17.8 Å². The van der Waals surface area contributed by atoms with Crippen LogP contribution in [0.5, 0.6) is 0 Å². The average Bonchev–Trinajstić information content (AvgIpc) is 3.23. The van der Waals surface area contributed by atoms with Gasteiger partial charge >= 0.3 is 17.7 Å². The Kier molecular flexibility index (Phi) is 5.00. The van der Waals surface area contributed by atoms with Crippen molar-refractivity contribution < 1.29 is 28.6 Å². The molecule has 1 aromatic rings. The number of esters is 2. The summed E-state index contributed by atoms with van der Waals surface area (Å²) < 4.78 is 16.0. The van der Waals surface area contributed by atoms with E-state index in [1.165, 1.54) is 0 Å². The molecule has 2 fully saturated rings. The average molecular weight is 348 g/mol. The van der Waals surface area contributed by atoms with Crippen LogP contribution < -0.4 is 11.1 Å². The van der Waals surface area contributed by atoms with Crippen molar-refractivity contribution in [3.05, 3.63) is 35.9 Å². The first-order chi connectivity index (χ1) is 12.0. The van der Waals surface area contributed by atoms with E-state index in [2.05, 4.69) is 5.32 Å². The second kappa shape index (κ2) is 7.20. The van der Waals surface area contributed by atoms with Crippen molar-refractivity contribution in [2.75, 3.05) is 6.54 Å². The lowest BCUT2D eigenvalue weighted by Crippen LogP contribution is -2.55. The number of amides is 1. The number of ether oxygens (including phenoxy) is 3. The number of rotatable bonds is 6. The summed E-state index contributed by atoms with van der Waals surface area (Å²) in [5.41, 5.74) is 6.19. The summed E-state index contributed by atoms with van der Waals surface area (Å²) in [5, 5.41) is 3.00. The van der Waals surface area contributed by atoms with Gasteiger partial charge in [0.15, 0.2) is 6.10 Å². The standard InChI is InChI=1S/C17H20N2O6/c18-16(22)17(23-10-11-5-2-1-3-6-11)13(9-14(20)25-17)24-15(21)12-7-4-8-19-12/h1-3,5-6,12-13,19H,4,7-10H2,(H2,18,22). The van der Waals surface area contributed by atoms with Crippen LogP contribution in [0.4, 0.5) is 0 Å². The molecule has 1 aromatic carbocycles. The highest BCUT2D eigenvalue weighted by atomic mass is 16.8. The lowest BCUT2D eigenvalue weighted by atomic mass is 10.1. The third kappa shape index (κ3) is 3.64. The topological polar surface area (TPSA) is 117 Å². The number of hydrogen-bond acceptors (Lipinski definition) is 7. The van der Waals surface area contributed by atoms with Gasteiger partial charge in [-0.25, -0.2) is 0 Å². The van der Waals surface area contributed by atoms with E-state index < -0.39 is 35.8 Å². The Morgan fingerprint density at radius 3 is 2.72 bits per heavy atom. The quantitative estimate of drug-likeness (QED) is 0.695. The molecule has 8 nitrogen and oxygen atoms in total. The van der Waals surface area contributed by atoms with E-state index in [4.69, 9.17) is 19.9 Å². The molecular weight excluding hydrogens is 328 g/mol. The maximum atomic E-state index is 12.2. The van der Waals surface area contributed by atoms with Crippen LogP contribution in [0, 0.1) is 0 Å². The Bertz CT molecular complexity index is 658. The summed E-state index contributed by atoms with van der Waals surface area (Å²) in [5.74, 6) is -4.37. The number of carbonyl (C=O) groups excluding carboxylic acids is 3. The lowest BCUT2D eigenvalue weighted by molar-refractivity contribution is -0.243. The molecule has 2 aliphatic heterocycles. The summed E-state index contributed by atoms with van der Waals surface area (Å²) in [6.07, 6.45) is -0.00725. The molecule has 0 aromatic heterocycles. The molecular formula is C17H20N2O6. The van der Waals surface area contributed by atoms with Crippen LogP contribution in [0.3, 0.4) is 0 Å². The fourth-order valence-electron chi connectivity index (χ4n) is 2.96. The fraction of sp³-hybridized carbons (Fsp3) is 0.471. The smallest absolute Gasteiger partial charge is 0.331 e. The highest BCUT2D eigenvalue weighted by molar-refractivity contribution is 5.90. The second-order valence-corrected chi connectivity index (χ2v) is 6.06. The van der Waals surface area contributed by atoms with Gasteiger partial charge in [0.1, 0.15) is 6.04 Å². The molecule has 0 spiro atoms. The molecule has 25 heavy (non-hydrogen) atoms. The maximum absolute atomic E-state index is 12.2. The molecule has 0 radical (unpaired) electrons. The monoisotopic (exact) mass is 348 g/mol. The lowest BCUT2D eigenvalue weighted by Gasteiger charge is -2.30. The van der Waals surface area contributed by atoms with Crippen molar-refractivity contribution in [3.63, 3.8) is 0 Å².